The standard InChI is InChI=1S/C7H8N6/c8-12-7-10-2-1-6(11-7)13-4-3-9-5-13/h1-5H,8H2,(H,10,11,12). The van der Waals surface area contributed by atoms with E-state index in [1.165, 1.54) is 0 Å². The molecule has 0 aliphatic carbocycles. The van der Waals surface area contributed by atoms with Crippen LogP contribution < -0.4 is 11.3 Å². The summed E-state index contributed by atoms with van der Waals surface area (Å²) in [4.78, 5) is 11.9. The number of nitrogen functional groups attached to an aromatic ring is 1. The predicted octanol–water partition coefficient (Wildman–Crippen LogP) is -0.0521. The molecule has 2 heterocycles. The van der Waals surface area contributed by atoms with Gasteiger partial charge in [0.1, 0.15) is 12.1 Å². The normalized spacial score (nSPS) is 9.92. The molecule has 6 nitrogen and oxygen atoms in total. The summed E-state index contributed by atoms with van der Waals surface area (Å²) < 4.78 is 1.77. The van der Waals surface area contributed by atoms with Gasteiger partial charge in [-0.1, -0.05) is 0 Å². The maximum Gasteiger partial charge on any atom is 0.239 e. The smallest absolute Gasteiger partial charge is 0.239 e. The fraction of sp³-hybridized carbons (Fsp3) is 0. The Morgan fingerprint density at radius 3 is 3.00 bits per heavy atom. The average molecular weight is 176 g/mol. The molecule has 3 N–H and O–H groups in total. The zero-order chi connectivity index (χ0) is 9.10. The highest BCUT2D eigenvalue weighted by Gasteiger charge is 1.98. The fourth-order valence-corrected chi connectivity index (χ4v) is 0.957. The Morgan fingerprint density at radius 1 is 1.38 bits per heavy atom. The summed E-state index contributed by atoms with van der Waals surface area (Å²) in [6.07, 6.45) is 6.75. The molecule has 2 rings (SSSR count). The summed E-state index contributed by atoms with van der Waals surface area (Å²) in [6.45, 7) is 0. The van der Waals surface area contributed by atoms with E-state index >= 15 is 0 Å². The highest BCUT2D eigenvalue weighted by molar-refractivity contribution is 5.30. The molecule has 0 atom stereocenters. The van der Waals surface area contributed by atoms with Gasteiger partial charge in [0.05, 0.1) is 0 Å². The molecule has 0 aliphatic heterocycles. The van der Waals surface area contributed by atoms with Gasteiger partial charge in [0.2, 0.25) is 5.95 Å². The zero-order valence-electron chi connectivity index (χ0n) is 6.75. The second kappa shape index (κ2) is 3.20. The number of hydrogen-bond donors (Lipinski definition) is 2. The molecule has 0 saturated carbocycles. The van der Waals surface area contributed by atoms with E-state index in [9.17, 15) is 0 Å². The van der Waals surface area contributed by atoms with Gasteiger partial charge in [0, 0.05) is 18.6 Å². The molecule has 0 aliphatic rings. The van der Waals surface area contributed by atoms with Crippen molar-refractivity contribution in [3.8, 4) is 5.82 Å². The van der Waals surface area contributed by atoms with Gasteiger partial charge in [-0.25, -0.2) is 15.8 Å². The lowest BCUT2D eigenvalue weighted by atomic mass is 10.6. The minimum atomic E-state index is 0.381. The van der Waals surface area contributed by atoms with Crippen LogP contribution in [0, 0.1) is 0 Å². The van der Waals surface area contributed by atoms with E-state index in [0.29, 0.717) is 5.95 Å². The highest BCUT2D eigenvalue weighted by Crippen LogP contribution is 2.04. The van der Waals surface area contributed by atoms with Crippen molar-refractivity contribution in [2.45, 2.75) is 0 Å². The second-order valence-corrected chi connectivity index (χ2v) is 2.35. The lowest BCUT2D eigenvalue weighted by Gasteiger charge is -2.01. The molecule has 0 unspecified atom stereocenters. The van der Waals surface area contributed by atoms with Crippen LogP contribution in [0.15, 0.2) is 31.0 Å². The van der Waals surface area contributed by atoms with E-state index in [0.717, 1.165) is 5.82 Å². The van der Waals surface area contributed by atoms with Gasteiger partial charge < -0.3 is 0 Å². The van der Waals surface area contributed by atoms with Crippen molar-refractivity contribution < 1.29 is 0 Å². The summed E-state index contributed by atoms with van der Waals surface area (Å²) in [5.41, 5.74) is 2.37. The number of nitrogens with one attached hydrogen (secondary N) is 1. The maximum atomic E-state index is 5.17. The number of hydrogen-bond acceptors (Lipinski definition) is 5. The number of nitrogens with two attached hydrogens (primary N) is 1. The Bertz CT molecular complexity index is 382. The number of rotatable bonds is 2. The minimum Gasteiger partial charge on any atom is -0.292 e. The van der Waals surface area contributed by atoms with Gasteiger partial charge in [0.15, 0.2) is 0 Å². The van der Waals surface area contributed by atoms with Crippen LogP contribution >= 0.6 is 0 Å². The van der Waals surface area contributed by atoms with Gasteiger partial charge in [-0.3, -0.25) is 9.99 Å². The molecule has 2 aromatic heterocycles. The Balaban J connectivity index is 2.41. The molecule has 66 valence electrons. The lowest BCUT2D eigenvalue weighted by Crippen LogP contribution is -2.11. The topological polar surface area (TPSA) is 81.6 Å². The van der Waals surface area contributed by atoms with Crippen molar-refractivity contribution in [2.24, 2.45) is 5.84 Å². The third kappa shape index (κ3) is 1.47. The Kier molecular flexibility index (Phi) is 1.89. The molecule has 0 aromatic carbocycles. The summed E-state index contributed by atoms with van der Waals surface area (Å²) in [5, 5.41) is 0. The van der Waals surface area contributed by atoms with E-state index < -0.39 is 0 Å². The van der Waals surface area contributed by atoms with E-state index in [1.807, 2.05) is 0 Å². The average Bonchev–Trinajstić information content (AvgIpc) is 2.71. The zero-order valence-corrected chi connectivity index (χ0v) is 6.75. The molecule has 0 fully saturated rings. The molecular formula is C7H8N6. The van der Waals surface area contributed by atoms with Crippen LogP contribution in [0.3, 0.4) is 0 Å². The number of nitrogens with zero attached hydrogens (tertiary/aromatic N) is 4. The molecule has 2 aromatic rings. The fourth-order valence-electron chi connectivity index (χ4n) is 0.957. The Hall–Kier alpha value is -1.95. The van der Waals surface area contributed by atoms with E-state index in [4.69, 9.17) is 5.84 Å². The minimum absolute atomic E-state index is 0.381. The van der Waals surface area contributed by atoms with Crippen LogP contribution in [0.25, 0.3) is 5.82 Å². The SMILES string of the molecule is NNc1nccc(-n2ccnc2)n1. The highest BCUT2D eigenvalue weighted by atomic mass is 15.3. The number of hydrazine groups is 1. The van der Waals surface area contributed by atoms with Crippen molar-refractivity contribution in [3.05, 3.63) is 31.0 Å². The Morgan fingerprint density at radius 2 is 2.31 bits per heavy atom. The van der Waals surface area contributed by atoms with Crippen LogP contribution in [-0.4, -0.2) is 19.5 Å². The first-order chi connectivity index (χ1) is 6.40. The summed E-state index contributed by atoms with van der Waals surface area (Å²) in [6, 6.07) is 1.77. The molecule has 0 saturated heterocycles. The molecular weight excluding hydrogens is 168 g/mol. The maximum absolute atomic E-state index is 5.17. The van der Waals surface area contributed by atoms with Crippen LogP contribution in [0.5, 0.6) is 0 Å². The van der Waals surface area contributed by atoms with Crippen LogP contribution in [0.2, 0.25) is 0 Å². The number of anilines is 1. The van der Waals surface area contributed by atoms with Gasteiger partial charge in [-0.2, -0.15) is 4.98 Å². The first-order valence-electron chi connectivity index (χ1n) is 3.68. The Labute approximate surface area is 74.4 Å². The molecule has 0 bridgehead atoms. The van der Waals surface area contributed by atoms with Gasteiger partial charge in [-0.05, 0) is 6.07 Å². The van der Waals surface area contributed by atoms with E-state index in [1.54, 1.807) is 35.6 Å². The lowest BCUT2D eigenvalue weighted by molar-refractivity contribution is 0.967. The van der Waals surface area contributed by atoms with Crippen molar-refractivity contribution in [2.75, 3.05) is 5.43 Å². The van der Waals surface area contributed by atoms with Crippen LogP contribution in [0.4, 0.5) is 5.95 Å². The molecule has 0 amide bonds. The third-order valence-corrected chi connectivity index (χ3v) is 1.54. The van der Waals surface area contributed by atoms with Crippen LogP contribution in [0.1, 0.15) is 0 Å². The molecule has 13 heavy (non-hydrogen) atoms. The molecule has 6 heteroatoms. The predicted molar refractivity (Wildman–Crippen MR) is 47.0 cm³/mol. The van der Waals surface area contributed by atoms with Gasteiger partial charge in [-0.15, -0.1) is 0 Å². The second-order valence-electron chi connectivity index (χ2n) is 2.35. The monoisotopic (exact) mass is 176 g/mol. The van der Waals surface area contributed by atoms with E-state index in [2.05, 4.69) is 20.4 Å². The van der Waals surface area contributed by atoms with E-state index in [-0.39, 0.29) is 0 Å². The summed E-state index contributed by atoms with van der Waals surface area (Å²) in [7, 11) is 0. The summed E-state index contributed by atoms with van der Waals surface area (Å²) in [5.74, 6) is 6.28. The van der Waals surface area contributed by atoms with Gasteiger partial charge >= 0.3 is 0 Å². The first kappa shape index (κ1) is 7.69. The first-order valence-corrected chi connectivity index (χ1v) is 3.68. The van der Waals surface area contributed by atoms with Crippen molar-refractivity contribution in [1.82, 2.24) is 19.5 Å². The number of imidazole rings is 1. The largest absolute Gasteiger partial charge is 0.292 e. The van der Waals surface area contributed by atoms with Crippen molar-refractivity contribution >= 4 is 5.95 Å². The third-order valence-electron chi connectivity index (χ3n) is 1.54. The van der Waals surface area contributed by atoms with Gasteiger partial charge in [0.25, 0.3) is 0 Å². The van der Waals surface area contributed by atoms with Crippen LogP contribution in [-0.2, 0) is 0 Å². The van der Waals surface area contributed by atoms with Crippen molar-refractivity contribution in [3.63, 3.8) is 0 Å². The molecule has 0 spiro atoms. The quantitative estimate of drug-likeness (QED) is 0.495. The number of aromatic nitrogens is 4. The molecule has 0 radical (unpaired) electrons. The van der Waals surface area contributed by atoms with Crippen molar-refractivity contribution in [1.29, 1.82) is 0 Å². The summed E-state index contributed by atoms with van der Waals surface area (Å²) >= 11 is 0.